The van der Waals surface area contributed by atoms with Crippen LogP contribution in [0.25, 0.3) is 0 Å². The number of amides is 1. The van der Waals surface area contributed by atoms with Gasteiger partial charge in [-0.15, -0.1) is 0 Å². The predicted octanol–water partition coefficient (Wildman–Crippen LogP) is 4.22. The van der Waals surface area contributed by atoms with Crippen LogP contribution in [0.5, 0.6) is 0 Å². The van der Waals surface area contributed by atoms with Gasteiger partial charge in [0.25, 0.3) is 5.91 Å². The fourth-order valence-electron chi connectivity index (χ4n) is 1.58. The van der Waals surface area contributed by atoms with Crippen LogP contribution in [-0.4, -0.2) is 12.5 Å². The zero-order chi connectivity index (χ0) is 12.8. The van der Waals surface area contributed by atoms with Crippen molar-refractivity contribution < 1.29 is 4.79 Å². The fraction of sp³-hybridized carbons (Fsp3) is 0.462. The molecule has 0 bridgehead atoms. The Balaban J connectivity index is 2.66. The molecule has 94 valence electrons. The van der Waals surface area contributed by atoms with Gasteiger partial charge in [0.15, 0.2) is 0 Å². The highest BCUT2D eigenvalue weighted by molar-refractivity contribution is 14.1. The van der Waals surface area contributed by atoms with Crippen molar-refractivity contribution in [3.05, 3.63) is 31.8 Å². The van der Waals surface area contributed by atoms with Gasteiger partial charge in [-0.1, -0.05) is 42.6 Å². The number of hydrogen-bond acceptors (Lipinski definition) is 1. The molecule has 0 saturated heterocycles. The van der Waals surface area contributed by atoms with Crippen LogP contribution in [0.2, 0.25) is 0 Å². The summed E-state index contributed by atoms with van der Waals surface area (Å²) in [6.07, 6.45) is 2.21. The summed E-state index contributed by atoms with van der Waals surface area (Å²) in [5, 5.41) is 3.00. The van der Waals surface area contributed by atoms with Crippen LogP contribution in [0.1, 0.15) is 37.0 Å². The third-order valence-corrected chi connectivity index (χ3v) is 4.31. The summed E-state index contributed by atoms with van der Waals surface area (Å²) in [6, 6.07) is 5.75. The van der Waals surface area contributed by atoms with E-state index >= 15 is 0 Å². The number of benzene rings is 1. The maximum Gasteiger partial charge on any atom is 0.252 e. The lowest BCUT2D eigenvalue weighted by atomic mass is 10.0. The van der Waals surface area contributed by atoms with Crippen molar-refractivity contribution in [2.75, 3.05) is 6.54 Å². The first-order valence-corrected chi connectivity index (χ1v) is 7.68. The maximum atomic E-state index is 12.0. The molecule has 1 aromatic carbocycles. The van der Waals surface area contributed by atoms with Gasteiger partial charge in [-0.3, -0.25) is 4.79 Å². The molecule has 0 atom stereocenters. The van der Waals surface area contributed by atoms with Crippen molar-refractivity contribution in [2.45, 2.75) is 26.7 Å². The van der Waals surface area contributed by atoms with Crippen LogP contribution in [0.15, 0.2) is 22.7 Å². The quantitative estimate of drug-likeness (QED) is 0.724. The summed E-state index contributed by atoms with van der Waals surface area (Å²) >= 11 is 5.57. The van der Waals surface area contributed by atoms with Gasteiger partial charge in [0.1, 0.15) is 0 Å². The molecule has 0 heterocycles. The molecule has 4 heteroatoms. The first kappa shape index (κ1) is 15.0. The van der Waals surface area contributed by atoms with Gasteiger partial charge in [-0.05, 0) is 46.7 Å². The van der Waals surface area contributed by atoms with E-state index in [4.69, 9.17) is 0 Å². The van der Waals surface area contributed by atoms with Gasteiger partial charge in [-0.2, -0.15) is 0 Å². The van der Waals surface area contributed by atoms with Crippen molar-refractivity contribution in [1.82, 2.24) is 5.32 Å². The Bertz CT molecular complexity index is 391. The minimum absolute atomic E-state index is 0.0163. The third kappa shape index (κ3) is 4.58. The summed E-state index contributed by atoms with van der Waals surface area (Å²) in [5.74, 6) is 0.589. The van der Waals surface area contributed by atoms with E-state index in [-0.39, 0.29) is 5.91 Å². The number of nitrogens with one attached hydrogen (secondary N) is 1. The van der Waals surface area contributed by atoms with Gasteiger partial charge in [-0.25, -0.2) is 0 Å². The van der Waals surface area contributed by atoms with Gasteiger partial charge < -0.3 is 5.32 Å². The summed E-state index contributed by atoms with van der Waals surface area (Å²) in [5.41, 5.74) is 0.742. The van der Waals surface area contributed by atoms with E-state index in [1.54, 1.807) is 0 Å². The van der Waals surface area contributed by atoms with Crippen LogP contribution in [0, 0.1) is 9.49 Å². The molecule has 17 heavy (non-hydrogen) atoms. The van der Waals surface area contributed by atoms with E-state index in [0.717, 1.165) is 33.0 Å². The second-order valence-corrected chi connectivity index (χ2v) is 6.09. The molecule has 0 spiro atoms. The SMILES string of the molecule is CCC(CC)CNC(=O)c1cc(Br)ccc1I. The van der Waals surface area contributed by atoms with E-state index in [2.05, 4.69) is 57.7 Å². The molecule has 0 fully saturated rings. The number of rotatable bonds is 5. The smallest absolute Gasteiger partial charge is 0.252 e. The second kappa shape index (κ2) is 7.36. The molecule has 1 rings (SSSR count). The zero-order valence-electron chi connectivity index (χ0n) is 10.1. The Labute approximate surface area is 125 Å². The van der Waals surface area contributed by atoms with Gasteiger partial charge in [0.2, 0.25) is 0 Å². The lowest BCUT2D eigenvalue weighted by Gasteiger charge is -2.13. The van der Waals surface area contributed by atoms with E-state index in [1.165, 1.54) is 0 Å². The van der Waals surface area contributed by atoms with E-state index in [1.807, 2.05) is 18.2 Å². The Morgan fingerprint density at radius 1 is 1.41 bits per heavy atom. The monoisotopic (exact) mass is 409 g/mol. The van der Waals surface area contributed by atoms with Crippen LogP contribution in [0.4, 0.5) is 0 Å². The lowest BCUT2D eigenvalue weighted by Crippen LogP contribution is -2.29. The molecule has 0 aliphatic heterocycles. The molecule has 0 unspecified atom stereocenters. The highest BCUT2D eigenvalue weighted by Crippen LogP contribution is 2.18. The highest BCUT2D eigenvalue weighted by atomic mass is 127. The summed E-state index contributed by atoms with van der Waals surface area (Å²) in [4.78, 5) is 12.0. The topological polar surface area (TPSA) is 29.1 Å². The van der Waals surface area contributed by atoms with E-state index < -0.39 is 0 Å². The highest BCUT2D eigenvalue weighted by Gasteiger charge is 2.11. The van der Waals surface area contributed by atoms with Crippen molar-refractivity contribution in [2.24, 2.45) is 5.92 Å². The summed E-state index contributed by atoms with van der Waals surface area (Å²) in [7, 11) is 0. The first-order valence-electron chi connectivity index (χ1n) is 5.81. The van der Waals surface area contributed by atoms with Crippen LogP contribution in [-0.2, 0) is 0 Å². The molecule has 1 amide bonds. The maximum absolute atomic E-state index is 12.0. The number of halogens is 2. The van der Waals surface area contributed by atoms with E-state index in [0.29, 0.717) is 5.92 Å². The first-order chi connectivity index (χ1) is 8.08. The Kier molecular flexibility index (Phi) is 6.48. The average molecular weight is 410 g/mol. The zero-order valence-corrected chi connectivity index (χ0v) is 13.8. The Morgan fingerprint density at radius 2 is 2.06 bits per heavy atom. The average Bonchev–Trinajstić information content (AvgIpc) is 2.33. The lowest BCUT2D eigenvalue weighted by molar-refractivity contribution is 0.0945. The molecule has 0 aliphatic rings. The Hall–Kier alpha value is -0.100. The fourth-order valence-corrected chi connectivity index (χ4v) is 2.52. The molecular formula is C13H17BrINO. The van der Waals surface area contributed by atoms with E-state index in [9.17, 15) is 4.79 Å². The molecule has 0 aliphatic carbocycles. The van der Waals surface area contributed by atoms with Gasteiger partial charge in [0, 0.05) is 14.6 Å². The van der Waals surface area contributed by atoms with Gasteiger partial charge >= 0.3 is 0 Å². The number of carbonyl (C=O) groups excluding carboxylic acids is 1. The molecule has 1 aromatic rings. The normalized spacial score (nSPS) is 10.6. The third-order valence-electron chi connectivity index (χ3n) is 2.88. The largest absolute Gasteiger partial charge is 0.352 e. The standard InChI is InChI=1S/C13H17BrINO/c1-3-9(4-2)8-16-13(17)11-7-10(14)5-6-12(11)15/h5-7,9H,3-4,8H2,1-2H3,(H,16,17). The molecule has 1 N–H and O–H groups in total. The van der Waals surface area contributed by atoms with Crippen LogP contribution < -0.4 is 5.32 Å². The summed E-state index contributed by atoms with van der Waals surface area (Å²) in [6.45, 7) is 5.07. The second-order valence-electron chi connectivity index (χ2n) is 4.02. The van der Waals surface area contributed by atoms with Crippen molar-refractivity contribution in [1.29, 1.82) is 0 Å². The number of carbonyl (C=O) groups is 1. The van der Waals surface area contributed by atoms with Crippen LogP contribution in [0.3, 0.4) is 0 Å². The molecule has 0 saturated carbocycles. The Morgan fingerprint density at radius 3 is 2.65 bits per heavy atom. The van der Waals surface area contributed by atoms with Gasteiger partial charge in [0.05, 0.1) is 5.56 Å². The van der Waals surface area contributed by atoms with Crippen LogP contribution >= 0.6 is 38.5 Å². The summed E-state index contributed by atoms with van der Waals surface area (Å²) < 4.78 is 1.92. The molecule has 0 radical (unpaired) electrons. The molecular weight excluding hydrogens is 393 g/mol. The molecule has 2 nitrogen and oxygen atoms in total. The number of hydrogen-bond donors (Lipinski definition) is 1. The minimum atomic E-state index is 0.0163. The van der Waals surface area contributed by atoms with Crippen molar-refractivity contribution >= 4 is 44.4 Å². The minimum Gasteiger partial charge on any atom is -0.352 e. The van der Waals surface area contributed by atoms with Crippen molar-refractivity contribution in [3.8, 4) is 0 Å². The molecule has 0 aromatic heterocycles. The predicted molar refractivity (Wildman–Crippen MR) is 83.3 cm³/mol. The van der Waals surface area contributed by atoms with Crippen molar-refractivity contribution in [3.63, 3.8) is 0 Å².